The van der Waals surface area contributed by atoms with Crippen molar-refractivity contribution in [3.63, 3.8) is 0 Å². The summed E-state index contributed by atoms with van der Waals surface area (Å²) >= 11 is 0. The molecule has 0 atom stereocenters. The number of aromatic nitrogens is 5. The van der Waals surface area contributed by atoms with Gasteiger partial charge < -0.3 is 9.64 Å². The molecule has 1 aliphatic rings. The molecule has 1 aliphatic heterocycles. The van der Waals surface area contributed by atoms with E-state index in [2.05, 4.69) is 31.4 Å². The van der Waals surface area contributed by atoms with Crippen LogP contribution in [0.1, 0.15) is 5.69 Å². The van der Waals surface area contributed by atoms with Gasteiger partial charge in [-0.25, -0.2) is 9.97 Å². The van der Waals surface area contributed by atoms with Crippen LogP contribution in [0.25, 0.3) is 28.2 Å². The van der Waals surface area contributed by atoms with E-state index in [0.29, 0.717) is 0 Å². The van der Waals surface area contributed by atoms with E-state index in [0.717, 1.165) is 66.0 Å². The highest BCUT2D eigenvalue weighted by molar-refractivity contribution is 5.78. The zero-order valence-electron chi connectivity index (χ0n) is 15.6. The molecule has 5 heterocycles. The Morgan fingerprint density at radius 1 is 0.929 bits per heavy atom. The van der Waals surface area contributed by atoms with Crippen LogP contribution in [0.5, 0.6) is 0 Å². The average Bonchev–Trinajstić information content (AvgIpc) is 3.11. The fourth-order valence-corrected chi connectivity index (χ4v) is 3.66. The largest absolute Gasteiger partial charge is 0.378 e. The summed E-state index contributed by atoms with van der Waals surface area (Å²) in [6.45, 7) is 5.28. The van der Waals surface area contributed by atoms with Crippen LogP contribution in [0.15, 0.2) is 55.2 Å². The lowest BCUT2D eigenvalue weighted by molar-refractivity contribution is 0.122. The highest BCUT2D eigenvalue weighted by atomic mass is 16.5. The van der Waals surface area contributed by atoms with Gasteiger partial charge in [0.05, 0.1) is 24.6 Å². The van der Waals surface area contributed by atoms with Gasteiger partial charge in [0.15, 0.2) is 5.65 Å². The van der Waals surface area contributed by atoms with Gasteiger partial charge in [-0.2, -0.15) is 0 Å². The van der Waals surface area contributed by atoms with Crippen LogP contribution in [-0.4, -0.2) is 50.6 Å². The van der Waals surface area contributed by atoms with E-state index in [4.69, 9.17) is 14.7 Å². The van der Waals surface area contributed by atoms with Crippen molar-refractivity contribution in [2.75, 3.05) is 31.2 Å². The number of pyridine rings is 2. The van der Waals surface area contributed by atoms with Crippen molar-refractivity contribution in [3.05, 3.63) is 60.9 Å². The van der Waals surface area contributed by atoms with E-state index in [1.807, 2.05) is 37.6 Å². The van der Waals surface area contributed by atoms with Crippen LogP contribution < -0.4 is 4.90 Å². The number of rotatable bonds is 3. The second-order valence-electron chi connectivity index (χ2n) is 6.76. The summed E-state index contributed by atoms with van der Waals surface area (Å²) in [6, 6.07) is 8.08. The van der Waals surface area contributed by atoms with E-state index in [9.17, 15) is 0 Å². The monoisotopic (exact) mass is 372 g/mol. The topological polar surface area (TPSA) is 68.4 Å². The molecule has 7 heteroatoms. The second kappa shape index (κ2) is 7.01. The van der Waals surface area contributed by atoms with Crippen molar-refractivity contribution >= 4 is 11.5 Å². The summed E-state index contributed by atoms with van der Waals surface area (Å²) in [4.78, 5) is 20.4. The third-order valence-corrected chi connectivity index (χ3v) is 5.03. The predicted octanol–water partition coefficient (Wildman–Crippen LogP) is 3.00. The first-order valence-electron chi connectivity index (χ1n) is 9.34. The SMILES string of the molecule is Cc1nc2c(-c3ccncc3)nccn2c1-c1ccc(N2CCOCC2)nc1. The number of hydrogen-bond donors (Lipinski definition) is 0. The van der Waals surface area contributed by atoms with Crippen molar-refractivity contribution in [1.82, 2.24) is 24.3 Å². The third kappa shape index (κ3) is 2.90. The molecule has 0 bridgehead atoms. The summed E-state index contributed by atoms with van der Waals surface area (Å²) in [7, 11) is 0. The van der Waals surface area contributed by atoms with Crippen LogP contribution in [0.2, 0.25) is 0 Å². The molecule has 7 nitrogen and oxygen atoms in total. The Kier molecular flexibility index (Phi) is 4.21. The Bertz CT molecular complexity index is 1100. The number of morpholine rings is 1. The standard InChI is InChI=1S/C21H20N6O/c1-15-20(17-2-3-18(24-14-17)26-10-12-28-13-11-26)27-9-8-23-19(21(27)25-15)16-4-6-22-7-5-16/h2-9,14H,10-13H2,1H3. The van der Waals surface area contributed by atoms with Gasteiger partial charge in [0.2, 0.25) is 0 Å². The van der Waals surface area contributed by atoms with Gasteiger partial charge in [0, 0.05) is 55.2 Å². The summed E-state index contributed by atoms with van der Waals surface area (Å²) in [5.74, 6) is 0.984. The second-order valence-corrected chi connectivity index (χ2v) is 6.76. The number of fused-ring (bicyclic) bond motifs is 1. The number of nitrogens with zero attached hydrogens (tertiary/aromatic N) is 6. The maximum Gasteiger partial charge on any atom is 0.164 e. The third-order valence-electron chi connectivity index (χ3n) is 5.03. The Hall–Kier alpha value is -3.32. The Balaban J connectivity index is 1.57. The van der Waals surface area contributed by atoms with Crippen molar-refractivity contribution in [1.29, 1.82) is 0 Å². The van der Waals surface area contributed by atoms with Gasteiger partial charge in [-0.05, 0) is 31.2 Å². The zero-order valence-corrected chi connectivity index (χ0v) is 15.6. The fraction of sp³-hybridized carbons (Fsp3) is 0.238. The average molecular weight is 372 g/mol. The molecule has 1 saturated heterocycles. The quantitative estimate of drug-likeness (QED) is 0.551. The molecule has 140 valence electrons. The van der Waals surface area contributed by atoms with Gasteiger partial charge in [-0.15, -0.1) is 0 Å². The van der Waals surface area contributed by atoms with Crippen molar-refractivity contribution in [2.45, 2.75) is 6.92 Å². The Morgan fingerprint density at radius 2 is 1.75 bits per heavy atom. The molecule has 0 aromatic carbocycles. The molecule has 0 spiro atoms. The summed E-state index contributed by atoms with van der Waals surface area (Å²) in [5.41, 5.74) is 5.69. The number of ether oxygens (including phenoxy) is 1. The number of aryl methyl sites for hydroxylation is 1. The zero-order chi connectivity index (χ0) is 18.9. The van der Waals surface area contributed by atoms with Crippen LogP contribution in [0.3, 0.4) is 0 Å². The van der Waals surface area contributed by atoms with E-state index >= 15 is 0 Å². The number of anilines is 1. The first-order chi connectivity index (χ1) is 13.8. The number of imidazole rings is 1. The van der Waals surface area contributed by atoms with Gasteiger partial charge >= 0.3 is 0 Å². The van der Waals surface area contributed by atoms with Gasteiger partial charge in [-0.3, -0.25) is 14.4 Å². The molecule has 0 N–H and O–H groups in total. The summed E-state index contributed by atoms with van der Waals surface area (Å²) in [6.07, 6.45) is 9.22. The highest BCUT2D eigenvalue weighted by Crippen LogP contribution is 2.29. The molecular weight excluding hydrogens is 352 g/mol. The molecule has 0 radical (unpaired) electrons. The van der Waals surface area contributed by atoms with Gasteiger partial charge in [-0.1, -0.05) is 0 Å². The van der Waals surface area contributed by atoms with Crippen molar-refractivity contribution < 1.29 is 4.74 Å². The predicted molar refractivity (Wildman–Crippen MR) is 107 cm³/mol. The molecule has 0 aliphatic carbocycles. The fourth-order valence-electron chi connectivity index (χ4n) is 3.66. The molecule has 1 fully saturated rings. The lowest BCUT2D eigenvalue weighted by Crippen LogP contribution is -2.36. The summed E-state index contributed by atoms with van der Waals surface area (Å²) < 4.78 is 7.51. The first-order valence-corrected chi connectivity index (χ1v) is 9.34. The van der Waals surface area contributed by atoms with Crippen LogP contribution in [0.4, 0.5) is 5.82 Å². The van der Waals surface area contributed by atoms with Crippen LogP contribution in [0, 0.1) is 6.92 Å². The van der Waals surface area contributed by atoms with E-state index < -0.39 is 0 Å². The van der Waals surface area contributed by atoms with E-state index in [1.54, 1.807) is 12.4 Å². The maximum absolute atomic E-state index is 5.42. The van der Waals surface area contributed by atoms with Crippen molar-refractivity contribution in [3.8, 4) is 22.5 Å². The Labute approximate surface area is 162 Å². The summed E-state index contributed by atoms with van der Waals surface area (Å²) in [5, 5.41) is 0. The normalized spacial score (nSPS) is 14.5. The maximum atomic E-state index is 5.42. The van der Waals surface area contributed by atoms with E-state index in [1.165, 1.54) is 0 Å². The minimum atomic E-state index is 0.751. The first kappa shape index (κ1) is 16.8. The minimum Gasteiger partial charge on any atom is -0.378 e. The molecule has 0 amide bonds. The van der Waals surface area contributed by atoms with Crippen LogP contribution >= 0.6 is 0 Å². The molecule has 0 saturated carbocycles. The van der Waals surface area contributed by atoms with Crippen molar-refractivity contribution in [2.24, 2.45) is 0 Å². The lowest BCUT2D eigenvalue weighted by atomic mass is 10.1. The van der Waals surface area contributed by atoms with E-state index in [-0.39, 0.29) is 0 Å². The number of hydrogen-bond acceptors (Lipinski definition) is 6. The highest BCUT2D eigenvalue weighted by Gasteiger charge is 2.17. The molecule has 4 aromatic heterocycles. The smallest absolute Gasteiger partial charge is 0.164 e. The molecule has 0 unspecified atom stereocenters. The molecule has 4 aromatic rings. The molecule has 28 heavy (non-hydrogen) atoms. The van der Waals surface area contributed by atoms with Gasteiger partial charge in [0.1, 0.15) is 11.5 Å². The lowest BCUT2D eigenvalue weighted by Gasteiger charge is -2.27. The van der Waals surface area contributed by atoms with Gasteiger partial charge in [0.25, 0.3) is 0 Å². The molecule has 5 rings (SSSR count). The molecular formula is C21H20N6O. The Morgan fingerprint density at radius 3 is 2.50 bits per heavy atom. The minimum absolute atomic E-state index is 0.751. The van der Waals surface area contributed by atoms with Crippen LogP contribution in [-0.2, 0) is 4.74 Å².